The number of amides is 1. The van der Waals surface area contributed by atoms with E-state index < -0.39 is 0 Å². The lowest BCUT2D eigenvalue weighted by Crippen LogP contribution is -2.51. The second kappa shape index (κ2) is 11.4. The molecule has 1 aliphatic heterocycles. The lowest BCUT2D eigenvalue weighted by Gasteiger charge is -2.36. The van der Waals surface area contributed by atoms with Crippen molar-refractivity contribution in [3.63, 3.8) is 0 Å². The van der Waals surface area contributed by atoms with Gasteiger partial charge >= 0.3 is 0 Å². The number of guanidine groups is 1. The van der Waals surface area contributed by atoms with Gasteiger partial charge in [-0.25, -0.2) is 4.99 Å². The lowest BCUT2D eigenvalue weighted by molar-refractivity contribution is -0.127. The predicted octanol–water partition coefficient (Wildman–Crippen LogP) is 3.05. The minimum Gasteiger partial charge on any atom is -0.497 e. The van der Waals surface area contributed by atoms with Gasteiger partial charge in [-0.15, -0.1) is 0 Å². The molecule has 2 N–H and O–H groups in total. The van der Waals surface area contributed by atoms with Crippen LogP contribution in [0.5, 0.6) is 5.75 Å². The summed E-state index contributed by atoms with van der Waals surface area (Å²) in [4.78, 5) is 20.7. The Morgan fingerprint density at radius 3 is 2.72 bits per heavy atom. The first-order chi connectivity index (χ1) is 15.5. The topological polar surface area (TPSA) is 69.2 Å². The summed E-state index contributed by atoms with van der Waals surface area (Å²) in [5.41, 5.74) is 2.32. The first kappa shape index (κ1) is 23.4. The van der Waals surface area contributed by atoms with Crippen LogP contribution in [0.25, 0.3) is 0 Å². The molecule has 1 heterocycles. The number of benzene rings is 2. The third kappa shape index (κ3) is 6.64. The van der Waals surface area contributed by atoms with E-state index in [1.54, 1.807) is 26.1 Å². The number of anilines is 1. The smallest absolute Gasteiger partial charge is 0.243 e. The summed E-state index contributed by atoms with van der Waals surface area (Å²) in [6.45, 7) is 4.07. The fraction of sp³-hybridized carbons (Fsp3) is 0.440. The number of piperidine rings is 1. The van der Waals surface area contributed by atoms with E-state index in [4.69, 9.17) is 4.74 Å². The molecule has 0 aliphatic carbocycles. The van der Waals surface area contributed by atoms with Gasteiger partial charge in [0.25, 0.3) is 0 Å². The highest BCUT2D eigenvalue weighted by Gasteiger charge is 2.22. The summed E-state index contributed by atoms with van der Waals surface area (Å²) in [6, 6.07) is 18.7. The molecule has 0 saturated carbocycles. The molecule has 1 amide bonds. The minimum absolute atomic E-state index is 0.0277. The number of rotatable bonds is 7. The maximum atomic E-state index is 12.1. The molecule has 1 fully saturated rings. The fourth-order valence-electron chi connectivity index (χ4n) is 3.78. The monoisotopic (exact) mass is 437 g/mol. The summed E-state index contributed by atoms with van der Waals surface area (Å²) >= 11 is 0. The largest absolute Gasteiger partial charge is 0.497 e. The van der Waals surface area contributed by atoms with Crippen molar-refractivity contribution in [1.82, 2.24) is 15.5 Å². The molecule has 1 saturated heterocycles. The number of carbonyl (C=O) groups excluding carboxylic acids is 1. The molecule has 0 aromatic heterocycles. The molecule has 7 nitrogen and oxygen atoms in total. The van der Waals surface area contributed by atoms with Gasteiger partial charge in [0.1, 0.15) is 12.3 Å². The van der Waals surface area contributed by atoms with Gasteiger partial charge in [-0.2, -0.15) is 0 Å². The van der Waals surface area contributed by atoms with Crippen LogP contribution in [0.15, 0.2) is 59.6 Å². The summed E-state index contributed by atoms with van der Waals surface area (Å²) in [7, 11) is 5.19. The zero-order valence-electron chi connectivity index (χ0n) is 19.5. The van der Waals surface area contributed by atoms with Gasteiger partial charge in [0, 0.05) is 45.0 Å². The Kier molecular flexibility index (Phi) is 8.36. The van der Waals surface area contributed by atoms with E-state index in [1.165, 1.54) is 5.56 Å². The van der Waals surface area contributed by atoms with Crippen LogP contribution in [0.1, 0.15) is 31.4 Å². The first-order valence-corrected chi connectivity index (χ1v) is 11.2. The highest BCUT2D eigenvalue weighted by atomic mass is 16.5. The summed E-state index contributed by atoms with van der Waals surface area (Å²) in [6.07, 6.45) is 2.12. The Hall–Kier alpha value is -3.22. The van der Waals surface area contributed by atoms with E-state index in [-0.39, 0.29) is 24.5 Å². The standard InChI is InChI=1S/C25H35N5O2/c1-19(20-10-6-5-7-11-20)27-25(26-17-24(31)29(2)3)28-21-12-9-15-30(18-21)22-13-8-14-23(16-22)32-4/h5-8,10-11,13-14,16,19,21H,9,12,15,17-18H2,1-4H3,(H2,26,27,28). The van der Waals surface area contributed by atoms with Crippen molar-refractivity contribution in [1.29, 1.82) is 0 Å². The lowest BCUT2D eigenvalue weighted by atomic mass is 10.0. The molecule has 2 unspecified atom stereocenters. The normalized spacial score (nSPS) is 17.4. The first-order valence-electron chi connectivity index (χ1n) is 11.2. The molecule has 0 bridgehead atoms. The molecule has 7 heteroatoms. The van der Waals surface area contributed by atoms with E-state index >= 15 is 0 Å². The third-order valence-corrected chi connectivity index (χ3v) is 5.70. The third-order valence-electron chi connectivity index (χ3n) is 5.70. The van der Waals surface area contributed by atoms with Crippen LogP contribution in [0.3, 0.4) is 0 Å². The molecule has 0 spiro atoms. The molecule has 1 aliphatic rings. The number of carbonyl (C=O) groups is 1. The van der Waals surface area contributed by atoms with Crippen LogP contribution < -0.4 is 20.3 Å². The van der Waals surface area contributed by atoms with Crippen LogP contribution >= 0.6 is 0 Å². The van der Waals surface area contributed by atoms with E-state index in [0.29, 0.717) is 5.96 Å². The van der Waals surface area contributed by atoms with Gasteiger partial charge in [-0.05, 0) is 37.5 Å². The van der Waals surface area contributed by atoms with Gasteiger partial charge < -0.3 is 25.2 Å². The molecule has 2 aromatic carbocycles. The number of nitrogens with zero attached hydrogens (tertiary/aromatic N) is 3. The Morgan fingerprint density at radius 2 is 2.00 bits per heavy atom. The van der Waals surface area contributed by atoms with Gasteiger partial charge in [0.15, 0.2) is 5.96 Å². The number of hydrogen-bond donors (Lipinski definition) is 2. The van der Waals surface area contributed by atoms with Crippen molar-refractivity contribution in [2.45, 2.75) is 31.8 Å². The SMILES string of the molecule is COc1cccc(N2CCCC(NC(=NCC(=O)N(C)C)NC(C)c3ccccc3)C2)c1. The molecule has 2 aromatic rings. The van der Waals surface area contributed by atoms with Crippen molar-refractivity contribution >= 4 is 17.6 Å². The van der Waals surface area contributed by atoms with Crippen LogP contribution in [0, 0.1) is 0 Å². The van der Waals surface area contributed by atoms with Crippen LogP contribution in [0.4, 0.5) is 5.69 Å². The molecule has 3 rings (SSSR count). The molecular formula is C25H35N5O2. The van der Waals surface area contributed by atoms with Crippen molar-refractivity contribution in [2.75, 3.05) is 45.7 Å². The molecule has 172 valence electrons. The van der Waals surface area contributed by atoms with Gasteiger partial charge in [0.2, 0.25) is 5.91 Å². The highest BCUT2D eigenvalue weighted by molar-refractivity contribution is 5.85. The number of methoxy groups -OCH3 is 1. The van der Waals surface area contributed by atoms with Gasteiger partial charge in [0.05, 0.1) is 13.2 Å². The molecule has 2 atom stereocenters. The van der Waals surface area contributed by atoms with Gasteiger partial charge in [-0.1, -0.05) is 36.4 Å². The van der Waals surface area contributed by atoms with E-state index in [2.05, 4.69) is 51.7 Å². The zero-order chi connectivity index (χ0) is 22.9. The Labute approximate surface area is 191 Å². The summed E-state index contributed by atoms with van der Waals surface area (Å²) in [5, 5.41) is 7.05. The Bertz CT molecular complexity index is 900. The minimum atomic E-state index is -0.0277. The van der Waals surface area contributed by atoms with E-state index in [9.17, 15) is 4.79 Å². The summed E-state index contributed by atoms with van der Waals surface area (Å²) in [5.74, 6) is 1.49. The molecular weight excluding hydrogens is 402 g/mol. The second-order valence-electron chi connectivity index (χ2n) is 8.36. The predicted molar refractivity (Wildman–Crippen MR) is 130 cm³/mol. The molecule has 32 heavy (non-hydrogen) atoms. The van der Waals surface area contributed by atoms with Crippen LogP contribution in [-0.2, 0) is 4.79 Å². The maximum Gasteiger partial charge on any atom is 0.243 e. The van der Waals surface area contributed by atoms with Crippen LogP contribution in [-0.4, -0.2) is 63.6 Å². The van der Waals surface area contributed by atoms with Crippen molar-refractivity contribution in [3.05, 3.63) is 60.2 Å². The van der Waals surface area contributed by atoms with Crippen LogP contribution in [0.2, 0.25) is 0 Å². The molecule has 0 radical (unpaired) electrons. The Morgan fingerprint density at radius 1 is 1.22 bits per heavy atom. The van der Waals surface area contributed by atoms with Gasteiger partial charge in [-0.3, -0.25) is 4.79 Å². The highest BCUT2D eigenvalue weighted by Crippen LogP contribution is 2.24. The zero-order valence-corrected chi connectivity index (χ0v) is 19.5. The average molecular weight is 438 g/mol. The number of aliphatic imine (C=N–C) groups is 1. The fourth-order valence-corrected chi connectivity index (χ4v) is 3.78. The number of ether oxygens (including phenoxy) is 1. The maximum absolute atomic E-state index is 12.1. The summed E-state index contributed by atoms with van der Waals surface area (Å²) < 4.78 is 5.39. The number of likely N-dealkylation sites (N-methyl/N-ethyl adjacent to an activating group) is 1. The van der Waals surface area contributed by atoms with E-state index in [0.717, 1.165) is 37.4 Å². The second-order valence-corrected chi connectivity index (χ2v) is 8.36. The van der Waals surface area contributed by atoms with E-state index in [1.807, 2.05) is 30.3 Å². The number of hydrogen-bond acceptors (Lipinski definition) is 4. The van der Waals surface area contributed by atoms with Crippen molar-refractivity contribution < 1.29 is 9.53 Å². The quantitative estimate of drug-likeness (QED) is 0.515. The Balaban J connectivity index is 1.71. The number of nitrogens with one attached hydrogen (secondary N) is 2. The van der Waals surface area contributed by atoms with Crippen molar-refractivity contribution in [3.8, 4) is 5.75 Å². The average Bonchev–Trinajstić information content (AvgIpc) is 2.83. The van der Waals surface area contributed by atoms with Crippen molar-refractivity contribution in [2.24, 2.45) is 4.99 Å².